The Morgan fingerprint density at radius 1 is 0.882 bits per heavy atom. The largest absolute Gasteiger partial charge is 0.465 e. The van der Waals surface area contributed by atoms with Crippen LogP contribution in [-0.2, 0) is 19.6 Å². The van der Waals surface area contributed by atoms with E-state index in [-0.39, 0.29) is 35.2 Å². The van der Waals surface area contributed by atoms with Crippen molar-refractivity contribution in [3.8, 4) is 0 Å². The number of esters is 1. The fourth-order valence-electron chi connectivity index (χ4n) is 2.62. The summed E-state index contributed by atoms with van der Waals surface area (Å²) in [6, 6.07) is 7.59. The van der Waals surface area contributed by atoms with Gasteiger partial charge in [-0.15, -0.1) is 0 Å². The van der Waals surface area contributed by atoms with Crippen LogP contribution in [0.1, 0.15) is 57.9 Å². The fraction of sp³-hybridized carbons (Fsp3) is 0.318. The average Bonchev–Trinajstić information content (AvgIpc) is 2.82. The second-order valence-electron chi connectivity index (χ2n) is 6.99. The number of pyridine rings is 1. The standard InChI is InChI=1S/C22H26N4O7S/c1-3-5-12-23-20(28)15-6-9-17(10-7-15)34(31,32)26-21(29)16-8-11-18(24-13-16)22(30)25-14-19(27)33-4-2/h6-11,13H,3-5,12,14H2,1-2H3,(H,23,28)(H,25,30)(H,26,29). The van der Waals surface area contributed by atoms with Crippen molar-refractivity contribution in [3.05, 3.63) is 59.4 Å². The Kier molecular flexibility index (Phi) is 9.68. The molecule has 11 nitrogen and oxygen atoms in total. The lowest BCUT2D eigenvalue weighted by molar-refractivity contribution is -0.141. The third-order valence-corrected chi connectivity index (χ3v) is 5.77. The normalized spacial score (nSPS) is 10.8. The fourth-order valence-corrected chi connectivity index (χ4v) is 3.60. The molecular weight excluding hydrogens is 464 g/mol. The van der Waals surface area contributed by atoms with Gasteiger partial charge in [0.05, 0.1) is 17.1 Å². The summed E-state index contributed by atoms with van der Waals surface area (Å²) >= 11 is 0. The second-order valence-corrected chi connectivity index (χ2v) is 8.67. The third-order valence-electron chi connectivity index (χ3n) is 4.43. The van der Waals surface area contributed by atoms with Crippen LogP contribution in [0, 0.1) is 0 Å². The Labute approximate surface area is 197 Å². The van der Waals surface area contributed by atoms with Crippen LogP contribution in [0.3, 0.4) is 0 Å². The lowest BCUT2D eigenvalue weighted by Crippen LogP contribution is -2.32. The van der Waals surface area contributed by atoms with Crippen molar-refractivity contribution < 1.29 is 32.3 Å². The SMILES string of the molecule is CCCCNC(=O)c1ccc(S(=O)(=O)NC(=O)c2ccc(C(=O)NCC(=O)OCC)nc2)cc1. The van der Waals surface area contributed by atoms with Gasteiger partial charge in [0.2, 0.25) is 0 Å². The van der Waals surface area contributed by atoms with Gasteiger partial charge in [-0.1, -0.05) is 13.3 Å². The topological polar surface area (TPSA) is 161 Å². The molecule has 0 unspecified atom stereocenters. The first-order valence-corrected chi connectivity index (χ1v) is 12.0. The van der Waals surface area contributed by atoms with Crippen molar-refractivity contribution in [1.29, 1.82) is 0 Å². The number of carbonyl (C=O) groups excluding carboxylic acids is 4. The van der Waals surface area contributed by atoms with Crippen molar-refractivity contribution in [2.45, 2.75) is 31.6 Å². The number of ether oxygens (including phenoxy) is 1. The molecule has 0 aliphatic carbocycles. The van der Waals surface area contributed by atoms with E-state index < -0.39 is 27.8 Å². The number of nitrogens with zero attached hydrogens (tertiary/aromatic N) is 1. The number of carbonyl (C=O) groups is 4. The Bertz CT molecular complexity index is 1130. The summed E-state index contributed by atoms with van der Waals surface area (Å²) in [4.78, 5) is 51.3. The molecule has 1 heterocycles. The number of hydrogen-bond acceptors (Lipinski definition) is 8. The molecule has 34 heavy (non-hydrogen) atoms. The van der Waals surface area contributed by atoms with Crippen molar-refractivity contribution >= 4 is 33.7 Å². The van der Waals surface area contributed by atoms with E-state index in [1.807, 2.05) is 11.6 Å². The number of amides is 3. The molecule has 0 spiro atoms. The van der Waals surface area contributed by atoms with Crippen molar-refractivity contribution in [3.63, 3.8) is 0 Å². The van der Waals surface area contributed by atoms with Gasteiger partial charge in [0.1, 0.15) is 12.2 Å². The summed E-state index contributed by atoms with van der Waals surface area (Å²) in [6.07, 6.45) is 2.80. The highest BCUT2D eigenvalue weighted by Crippen LogP contribution is 2.12. The molecule has 2 aromatic rings. The van der Waals surface area contributed by atoms with Gasteiger partial charge in [-0.05, 0) is 49.7 Å². The lowest BCUT2D eigenvalue weighted by Gasteiger charge is -2.09. The van der Waals surface area contributed by atoms with Crippen molar-refractivity contribution in [2.75, 3.05) is 19.7 Å². The van der Waals surface area contributed by atoms with E-state index in [1.165, 1.54) is 36.4 Å². The molecule has 0 aliphatic heterocycles. The van der Waals surface area contributed by atoms with E-state index in [4.69, 9.17) is 4.74 Å². The first-order chi connectivity index (χ1) is 16.2. The third kappa shape index (κ3) is 7.66. The van der Waals surface area contributed by atoms with Crippen LogP contribution in [0.15, 0.2) is 47.5 Å². The molecule has 3 N–H and O–H groups in total. The molecule has 0 bridgehead atoms. The van der Waals surface area contributed by atoms with E-state index in [2.05, 4.69) is 15.6 Å². The van der Waals surface area contributed by atoms with Gasteiger partial charge in [0.15, 0.2) is 0 Å². The smallest absolute Gasteiger partial charge is 0.325 e. The molecule has 0 saturated carbocycles. The van der Waals surface area contributed by atoms with Gasteiger partial charge in [0, 0.05) is 18.3 Å². The Morgan fingerprint density at radius 2 is 1.56 bits per heavy atom. The zero-order chi connectivity index (χ0) is 25.1. The summed E-state index contributed by atoms with van der Waals surface area (Å²) in [7, 11) is -4.21. The summed E-state index contributed by atoms with van der Waals surface area (Å²) in [5, 5.41) is 5.04. The Hall–Kier alpha value is -3.80. The first-order valence-electron chi connectivity index (χ1n) is 10.5. The number of nitrogens with one attached hydrogen (secondary N) is 3. The van der Waals surface area contributed by atoms with Crippen LogP contribution in [0.5, 0.6) is 0 Å². The van der Waals surface area contributed by atoms with E-state index >= 15 is 0 Å². The van der Waals surface area contributed by atoms with E-state index in [0.717, 1.165) is 19.0 Å². The minimum Gasteiger partial charge on any atom is -0.465 e. The van der Waals surface area contributed by atoms with Crippen LogP contribution in [0.4, 0.5) is 0 Å². The molecule has 0 atom stereocenters. The number of sulfonamides is 1. The highest BCUT2D eigenvalue weighted by Gasteiger charge is 2.20. The van der Waals surface area contributed by atoms with Crippen LogP contribution in [0.25, 0.3) is 0 Å². The van der Waals surface area contributed by atoms with Gasteiger partial charge in [0.25, 0.3) is 27.7 Å². The minimum absolute atomic E-state index is 0.0727. The number of unbranched alkanes of at least 4 members (excludes halogenated alkanes) is 1. The van der Waals surface area contributed by atoms with Gasteiger partial charge < -0.3 is 15.4 Å². The molecule has 0 saturated heterocycles. The van der Waals surface area contributed by atoms with Crippen LogP contribution < -0.4 is 15.4 Å². The molecule has 1 aromatic heterocycles. The van der Waals surface area contributed by atoms with Gasteiger partial charge in [-0.25, -0.2) is 13.1 Å². The van der Waals surface area contributed by atoms with Crippen LogP contribution >= 0.6 is 0 Å². The molecule has 0 radical (unpaired) electrons. The highest BCUT2D eigenvalue weighted by atomic mass is 32.2. The predicted molar refractivity (Wildman–Crippen MR) is 122 cm³/mol. The van der Waals surface area contributed by atoms with Gasteiger partial charge in [-0.3, -0.25) is 24.2 Å². The zero-order valence-electron chi connectivity index (χ0n) is 18.8. The molecule has 12 heteroatoms. The van der Waals surface area contributed by atoms with Gasteiger partial charge >= 0.3 is 5.97 Å². The first kappa shape index (κ1) is 26.5. The summed E-state index contributed by atoms with van der Waals surface area (Å²) in [5.74, 6) is -2.54. The molecule has 0 aliphatic rings. The quantitative estimate of drug-likeness (QED) is 0.311. The van der Waals surface area contributed by atoms with Gasteiger partial charge in [-0.2, -0.15) is 0 Å². The monoisotopic (exact) mass is 490 g/mol. The Morgan fingerprint density at radius 3 is 2.15 bits per heavy atom. The van der Waals surface area contributed by atoms with Crippen molar-refractivity contribution in [2.24, 2.45) is 0 Å². The Balaban J connectivity index is 1.99. The second kappa shape index (κ2) is 12.4. The van der Waals surface area contributed by atoms with E-state index in [1.54, 1.807) is 6.92 Å². The molecule has 1 aromatic carbocycles. The average molecular weight is 491 g/mol. The highest BCUT2D eigenvalue weighted by molar-refractivity contribution is 7.90. The molecule has 2 rings (SSSR count). The maximum absolute atomic E-state index is 12.5. The number of aromatic nitrogens is 1. The van der Waals surface area contributed by atoms with E-state index in [9.17, 15) is 27.6 Å². The molecular formula is C22H26N4O7S. The molecule has 0 fully saturated rings. The summed E-state index contributed by atoms with van der Waals surface area (Å²) in [6.45, 7) is 3.99. The van der Waals surface area contributed by atoms with Crippen LogP contribution in [-0.4, -0.2) is 56.8 Å². The summed E-state index contributed by atoms with van der Waals surface area (Å²) in [5.41, 5.74) is 0.122. The maximum atomic E-state index is 12.5. The minimum atomic E-state index is -4.21. The number of benzene rings is 1. The zero-order valence-corrected chi connectivity index (χ0v) is 19.6. The molecule has 3 amide bonds. The van der Waals surface area contributed by atoms with Crippen LogP contribution in [0.2, 0.25) is 0 Å². The molecule has 182 valence electrons. The number of hydrogen-bond donors (Lipinski definition) is 3. The lowest BCUT2D eigenvalue weighted by atomic mass is 10.2. The number of rotatable bonds is 11. The predicted octanol–water partition coefficient (Wildman–Crippen LogP) is 1.02. The van der Waals surface area contributed by atoms with E-state index in [0.29, 0.717) is 12.1 Å². The summed E-state index contributed by atoms with van der Waals surface area (Å²) < 4.78 is 31.7. The van der Waals surface area contributed by atoms with Crippen molar-refractivity contribution in [1.82, 2.24) is 20.3 Å². The maximum Gasteiger partial charge on any atom is 0.325 e.